The minimum Gasteiger partial charge on any atom is -0.408 e. The number of hydrogen-bond acceptors (Lipinski definition) is 5. The molecular weight excluding hydrogens is 351 g/mol. The molecule has 1 N–H and O–H groups in total. The Bertz CT molecular complexity index is 807. The molecule has 0 bridgehead atoms. The summed E-state index contributed by atoms with van der Waals surface area (Å²) in [6.45, 7) is 5.69. The van der Waals surface area contributed by atoms with E-state index in [2.05, 4.69) is 22.2 Å². The summed E-state index contributed by atoms with van der Waals surface area (Å²) in [5, 5.41) is 2.84. The third-order valence-electron chi connectivity index (χ3n) is 4.72. The molecule has 1 aliphatic heterocycles. The maximum Gasteiger partial charge on any atom is 0.419 e. The Balaban J connectivity index is 1.44. The molecule has 146 valence electrons. The van der Waals surface area contributed by atoms with Crippen LogP contribution in [0.1, 0.15) is 6.42 Å². The van der Waals surface area contributed by atoms with Crippen molar-refractivity contribution < 1.29 is 13.6 Å². The number of aromatic nitrogens is 1. The predicted octanol–water partition coefficient (Wildman–Crippen LogP) is 1.00. The molecule has 0 atom stereocenters. The summed E-state index contributed by atoms with van der Waals surface area (Å²) < 4.78 is 19.4. The van der Waals surface area contributed by atoms with Gasteiger partial charge in [-0.1, -0.05) is 0 Å². The van der Waals surface area contributed by atoms with Crippen LogP contribution in [0.5, 0.6) is 0 Å². The second-order valence-electron chi connectivity index (χ2n) is 6.84. The van der Waals surface area contributed by atoms with Crippen molar-refractivity contribution in [3.63, 3.8) is 0 Å². The number of piperazine rings is 1. The predicted molar refractivity (Wildman–Crippen MR) is 99.9 cm³/mol. The van der Waals surface area contributed by atoms with Gasteiger partial charge < -0.3 is 19.5 Å². The maximum atomic E-state index is 13.0. The summed E-state index contributed by atoms with van der Waals surface area (Å²) in [7, 11) is 2.12. The molecule has 3 rings (SSSR count). The SMILES string of the molecule is CN1CCN(CCCNC(=O)Cn2cc(-c3ccc(F)cc3)oc2=O)CC1. The summed E-state index contributed by atoms with van der Waals surface area (Å²) in [6.07, 6.45) is 2.34. The molecule has 1 aromatic heterocycles. The molecule has 7 nitrogen and oxygen atoms in total. The highest BCUT2D eigenvalue weighted by Gasteiger charge is 2.14. The van der Waals surface area contributed by atoms with Gasteiger partial charge in [-0.3, -0.25) is 9.36 Å². The third kappa shape index (κ3) is 5.51. The van der Waals surface area contributed by atoms with Gasteiger partial charge in [-0.2, -0.15) is 0 Å². The van der Waals surface area contributed by atoms with Crippen molar-refractivity contribution in [2.75, 3.05) is 46.3 Å². The average Bonchev–Trinajstić information content (AvgIpc) is 3.01. The van der Waals surface area contributed by atoms with Gasteiger partial charge in [0, 0.05) is 38.3 Å². The van der Waals surface area contributed by atoms with Crippen LogP contribution in [0.15, 0.2) is 39.7 Å². The summed E-state index contributed by atoms with van der Waals surface area (Å²) in [4.78, 5) is 28.7. The van der Waals surface area contributed by atoms with Crippen LogP contribution in [-0.2, 0) is 11.3 Å². The van der Waals surface area contributed by atoms with E-state index in [4.69, 9.17) is 4.42 Å². The van der Waals surface area contributed by atoms with E-state index in [1.165, 1.54) is 35.0 Å². The standard InChI is InChI=1S/C19H25FN4O3/c1-22-9-11-23(12-10-22)8-2-7-21-18(25)14-24-13-17(27-19(24)26)15-3-5-16(20)6-4-15/h3-6,13H,2,7-12,14H2,1H3,(H,21,25). The van der Waals surface area contributed by atoms with Crippen molar-refractivity contribution in [3.05, 3.63) is 46.8 Å². The minimum absolute atomic E-state index is 0.0992. The van der Waals surface area contributed by atoms with E-state index in [0.29, 0.717) is 17.9 Å². The molecule has 0 spiro atoms. The number of carbonyl (C=O) groups excluding carboxylic acids is 1. The zero-order valence-corrected chi connectivity index (χ0v) is 15.5. The molecule has 8 heteroatoms. The van der Waals surface area contributed by atoms with Crippen LogP contribution in [0, 0.1) is 5.82 Å². The van der Waals surface area contributed by atoms with Crippen molar-refractivity contribution in [2.24, 2.45) is 0 Å². The number of likely N-dealkylation sites (N-methyl/N-ethyl adjacent to an activating group) is 1. The molecule has 1 aromatic carbocycles. The van der Waals surface area contributed by atoms with E-state index >= 15 is 0 Å². The lowest BCUT2D eigenvalue weighted by atomic mass is 10.2. The Hall–Kier alpha value is -2.45. The van der Waals surface area contributed by atoms with Gasteiger partial charge >= 0.3 is 5.76 Å². The Kier molecular flexibility index (Phi) is 6.41. The third-order valence-corrected chi connectivity index (χ3v) is 4.72. The van der Waals surface area contributed by atoms with Crippen LogP contribution in [0.2, 0.25) is 0 Å². The second kappa shape index (κ2) is 8.96. The summed E-state index contributed by atoms with van der Waals surface area (Å²) in [5.74, 6) is -0.900. The normalized spacial score (nSPS) is 15.8. The van der Waals surface area contributed by atoms with Crippen LogP contribution < -0.4 is 11.1 Å². The maximum absolute atomic E-state index is 13.0. The van der Waals surface area contributed by atoms with Gasteiger partial charge in [0.1, 0.15) is 12.4 Å². The van der Waals surface area contributed by atoms with Crippen LogP contribution in [0.25, 0.3) is 11.3 Å². The quantitative estimate of drug-likeness (QED) is 0.730. The highest BCUT2D eigenvalue weighted by Crippen LogP contribution is 2.18. The molecule has 27 heavy (non-hydrogen) atoms. The fourth-order valence-electron chi connectivity index (χ4n) is 3.04. The number of benzene rings is 1. The fraction of sp³-hybridized carbons (Fsp3) is 0.474. The Morgan fingerprint density at radius 3 is 2.59 bits per heavy atom. The van der Waals surface area contributed by atoms with Crippen molar-refractivity contribution in [2.45, 2.75) is 13.0 Å². The molecule has 2 heterocycles. The fourth-order valence-corrected chi connectivity index (χ4v) is 3.04. The molecule has 1 amide bonds. The summed E-state index contributed by atoms with van der Waals surface area (Å²) in [5.41, 5.74) is 0.583. The van der Waals surface area contributed by atoms with Gasteiger partial charge in [0.15, 0.2) is 5.76 Å². The van der Waals surface area contributed by atoms with E-state index in [1.807, 2.05) is 0 Å². The Morgan fingerprint density at radius 2 is 1.89 bits per heavy atom. The second-order valence-corrected chi connectivity index (χ2v) is 6.84. The highest BCUT2D eigenvalue weighted by molar-refractivity contribution is 5.75. The molecule has 0 unspecified atom stereocenters. The van der Waals surface area contributed by atoms with Crippen LogP contribution in [-0.4, -0.2) is 66.6 Å². The molecule has 0 aliphatic carbocycles. The lowest BCUT2D eigenvalue weighted by Crippen LogP contribution is -2.45. The summed E-state index contributed by atoms with van der Waals surface area (Å²) >= 11 is 0. The van der Waals surface area contributed by atoms with Gasteiger partial charge in [-0.05, 0) is 44.3 Å². The van der Waals surface area contributed by atoms with Crippen molar-refractivity contribution in [1.29, 1.82) is 0 Å². The van der Waals surface area contributed by atoms with E-state index in [0.717, 1.165) is 39.1 Å². The van der Waals surface area contributed by atoms with Crippen molar-refractivity contribution in [3.8, 4) is 11.3 Å². The van der Waals surface area contributed by atoms with E-state index in [9.17, 15) is 14.0 Å². The topological polar surface area (TPSA) is 70.7 Å². The van der Waals surface area contributed by atoms with Crippen LogP contribution >= 0.6 is 0 Å². The first-order valence-corrected chi connectivity index (χ1v) is 9.15. The van der Waals surface area contributed by atoms with Crippen molar-refractivity contribution in [1.82, 2.24) is 19.7 Å². The highest BCUT2D eigenvalue weighted by atomic mass is 19.1. The molecule has 1 fully saturated rings. The first-order valence-electron chi connectivity index (χ1n) is 9.15. The molecule has 2 aromatic rings. The van der Waals surface area contributed by atoms with E-state index in [-0.39, 0.29) is 18.3 Å². The van der Waals surface area contributed by atoms with E-state index in [1.54, 1.807) is 0 Å². The number of nitrogens with zero attached hydrogens (tertiary/aromatic N) is 3. The minimum atomic E-state index is -0.609. The van der Waals surface area contributed by atoms with Crippen LogP contribution in [0.4, 0.5) is 4.39 Å². The van der Waals surface area contributed by atoms with Gasteiger partial charge in [-0.15, -0.1) is 0 Å². The average molecular weight is 376 g/mol. The molecule has 0 saturated carbocycles. The zero-order valence-electron chi connectivity index (χ0n) is 15.5. The van der Waals surface area contributed by atoms with Crippen molar-refractivity contribution >= 4 is 5.91 Å². The first-order chi connectivity index (χ1) is 13.0. The van der Waals surface area contributed by atoms with Gasteiger partial charge in [-0.25, -0.2) is 9.18 Å². The Morgan fingerprint density at radius 1 is 1.19 bits per heavy atom. The largest absolute Gasteiger partial charge is 0.419 e. The lowest BCUT2D eigenvalue weighted by Gasteiger charge is -2.32. The van der Waals surface area contributed by atoms with Gasteiger partial charge in [0.05, 0.1) is 6.20 Å². The number of hydrogen-bond donors (Lipinski definition) is 1. The lowest BCUT2D eigenvalue weighted by molar-refractivity contribution is -0.121. The van der Waals surface area contributed by atoms with Gasteiger partial charge in [0.25, 0.3) is 0 Å². The van der Waals surface area contributed by atoms with Gasteiger partial charge in [0.2, 0.25) is 5.91 Å². The number of nitrogens with one attached hydrogen (secondary N) is 1. The summed E-state index contributed by atoms with van der Waals surface area (Å²) in [6, 6.07) is 5.63. The number of rotatable bonds is 7. The number of amides is 1. The zero-order chi connectivity index (χ0) is 19.2. The number of halogens is 1. The molecular formula is C19H25FN4O3. The van der Waals surface area contributed by atoms with E-state index < -0.39 is 5.76 Å². The number of oxazole rings is 1. The molecule has 1 aliphatic rings. The first kappa shape index (κ1) is 19.3. The molecule has 0 radical (unpaired) electrons. The number of carbonyl (C=O) groups is 1. The monoisotopic (exact) mass is 376 g/mol. The Labute approximate surface area is 157 Å². The smallest absolute Gasteiger partial charge is 0.408 e. The molecule has 1 saturated heterocycles. The van der Waals surface area contributed by atoms with Crippen LogP contribution in [0.3, 0.4) is 0 Å².